The number of aromatic nitrogens is 1. The molecule has 2 aromatic rings. The Morgan fingerprint density at radius 1 is 1.24 bits per heavy atom. The van der Waals surface area contributed by atoms with Gasteiger partial charge >= 0.3 is 0 Å². The number of pyridine rings is 1. The molecule has 0 aliphatic rings. The molecule has 88 valence electrons. The Morgan fingerprint density at radius 2 is 2.12 bits per heavy atom. The monoisotopic (exact) mass is 228 g/mol. The maximum Gasteiger partial charge on any atom is 0.129 e. The van der Waals surface area contributed by atoms with Gasteiger partial charge in [0.05, 0.1) is 0 Å². The van der Waals surface area contributed by atoms with Crippen LogP contribution in [0.5, 0.6) is 5.75 Å². The first-order valence-electron chi connectivity index (χ1n) is 5.75. The second kappa shape index (κ2) is 5.34. The fraction of sp³-hybridized carbons (Fsp3) is 0.214. The van der Waals surface area contributed by atoms with E-state index in [1.165, 1.54) is 5.56 Å². The van der Waals surface area contributed by atoms with Gasteiger partial charge in [0.15, 0.2) is 0 Å². The zero-order valence-corrected chi connectivity index (χ0v) is 9.85. The van der Waals surface area contributed by atoms with Gasteiger partial charge in [-0.25, -0.2) is 4.98 Å². The summed E-state index contributed by atoms with van der Waals surface area (Å²) in [7, 11) is 0. The van der Waals surface area contributed by atoms with Crippen molar-refractivity contribution in [1.82, 2.24) is 4.98 Å². The highest BCUT2D eigenvalue weighted by molar-refractivity contribution is 5.44. The molecule has 0 saturated carbocycles. The molecule has 1 aromatic heterocycles. The van der Waals surface area contributed by atoms with Gasteiger partial charge in [-0.2, -0.15) is 0 Å². The van der Waals surface area contributed by atoms with Crippen LogP contribution >= 0.6 is 0 Å². The second-order valence-corrected chi connectivity index (χ2v) is 3.89. The van der Waals surface area contributed by atoms with E-state index >= 15 is 0 Å². The average molecular weight is 228 g/mol. The highest BCUT2D eigenvalue weighted by Gasteiger charge is 2.01. The van der Waals surface area contributed by atoms with Crippen LogP contribution in [-0.4, -0.2) is 10.1 Å². The third kappa shape index (κ3) is 2.97. The van der Waals surface area contributed by atoms with E-state index in [0.29, 0.717) is 12.3 Å². The molecule has 0 aliphatic carbocycles. The lowest BCUT2D eigenvalue weighted by Crippen LogP contribution is -2.03. The van der Waals surface area contributed by atoms with Crippen molar-refractivity contribution in [2.75, 3.05) is 5.32 Å². The highest BCUT2D eigenvalue weighted by Crippen LogP contribution is 2.15. The van der Waals surface area contributed by atoms with Crippen molar-refractivity contribution in [2.45, 2.75) is 19.9 Å². The smallest absolute Gasteiger partial charge is 0.129 e. The van der Waals surface area contributed by atoms with Crippen LogP contribution in [0.3, 0.4) is 0 Å². The number of benzene rings is 1. The zero-order chi connectivity index (χ0) is 12.1. The zero-order valence-electron chi connectivity index (χ0n) is 9.85. The maximum absolute atomic E-state index is 9.37. The van der Waals surface area contributed by atoms with Gasteiger partial charge in [-0.3, -0.25) is 0 Å². The standard InChI is InChI=1S/C14H16N2O/c1-2-12-6-4-8-15-14(12)16-10-11-5-3-7-13(17)9-11/h3-9,17H,2,10H2,1H3,(H,15,16). The molecule has 2 N–H and O–H groups in total. The highest BCUT2D eigenvalue weighted by atomic mass is 16.3. The van der Waals surface area contributed by atoms with Crippen LogP contribution in [0.25, 0.3) is 0 Å². The van der Waals surface area contributed by atoms with Gasteiger partial charge in [-0.15, -0.1) is 0 Å². The summed E-state index contributed by atoms with van der Waals surface area (Å²) >= 11 is 0. The number of rotatable bonds is 4. The van der Waals surface area contributed by atoms with E-state index in [-0.39, 0.29) is 0 Å². The summed E-state index contributed by atoms with van der Waals surface area (Å²) in [5.41, 5.74) is 2.24. The Hall–Kier alpha value is -2.03. The first kappa shape index (κ1) is 11.5. The van der Waals surface area contributed by atoms with Crippen molar-refractivity contribution < 1.29 is 5.11 Å². The summed E-state index contributed by atoms with van der Waals surface area (Å²) in [6, 6.07) is 11.2. The van der Waals surface area contributed by atoms with Crippen molar-refractivity contribution in [3.05, 3.63) is 53.7 Å². The van der Waals surface area contributed by atoms with Gasteiger partial charge in [0.2, 0.25) is 0 Å². The molecule has 1 aromatic carbocycles. The first-order chi connectivity index (χ1) is 8.29. The Kier molecular flexibility index (Phi) is 3.60. The molecule has 0 fully saturated rings. The molecule has 0 atom stereocenters. The Morgan fingerprint density at radius 3 is 2.88 bits per heavy atom. The van der Waals surface area contributed by atoms with Crippen LogP contribution < -0.4 is 5.32 Å². The number of nitrogens with zero attached hydrogens (tertiary/aromatic N) is 1. The molecule has 3 heteroatoms. The average Bonchev–Trinajstić information content (AvgIpc) is 2.37. The van der Waals surface area contributed by atoms with Gasteiger partial charge in [0.25, 0.3) is 0 Å². The maximum atomic E-state index is 9.37. The third-order valence-corrected chi connectivity index (χ3v) is 2.64. The summed E-state index contributed by atoms with van der Waals surface area (Å²) in [6.45, 7) is 2.77. The van der Waals surface area contributed by atoms with E-state index in [9.17, 15) is 5.11 Å². The number of aryl methyl sites for hydroxylation is 1. The van der Waals surface area contributed by atoms with Crippen molar-refractivity contribution in [3.63, 3.8) is 0 Å². The third-order valence-electron chi connectivity index (χ3n) is 2.64. The van der Waals surface area contributed by atoms with Crippen molar-refractivity contribution in [3.8, 4) is 5.75 Å². The van der Waals surface area contributed by atoms with E-state index in [1.54, 1.807) is 18.3 Å². The minimum atomic E-state index is 0.293. The van der Waals surface area contributed by atoms with E-state index < -0.39 is 0 Å². The molecular weight excluding hydrogens is 212 g/mol. The van der Waals surface area contributed by atoms with Crippen LogP contribution in [-0.2, 0) is 13.0 Å². The summed E-state index contributed by atoms with van der Waals surface area (Å²) in [5.74, 6) is 1.21. The molecule has 0 unspecified atom stereocenters. The molecule has 0 spiro atoms. The minimum absolute atomic E-state index is 0.293. The predicted molar refractivity (Wildman–Crippen MR) is 69.0 cm³/mol. The Labute approximate surface area is 101 Å². The molecular formula is C14H16N2O. The molecule has 17 heavy (non-hydrogen) atoms. The van der Waals surface area contributed by atoms with Crippen LogP contribution in [0.4, 0.5) is 5.82 Å². The van der Waals surface area contributed by atoms with Crippen molar-refractivity contribution >= 4 is 5.82 Å². The first-order valence-corrected chi connectivity index (χ1v) is 5.75. The molecule has 1 heterocycles. The lowest BCUT2D eigenvalue weighted by Gasteiger charge is -2.09. The van der Waals surface area contributed by atoms with Crippen LogP contribution in [0.2, 0.25) is 0 Å². The molecule has 0 bridgehead atoms. The summed E-state index contributed by atoms with van der Waals surface area (Å²) < 4.78 is 0. The fourth-order valence-corrected chi connectivity index (χ4v) is 1.74. The second-order valence-electron chi connectivity index (χ2n) is 3.89. The number of hydrogen-bond donors (Lipinski definition) is 2. The van der Waals surface area contributed by atoms with Gasteiger partial charge in [0, 0.05) is 12.7 Å². The Bertz CT molecular complexity index is 497. The SMILES string of the molecule is CCc1cccnc1NCc1cccc(O)c1. The molecule has 0 saturated heterocycles. The normalized spacial score (nSPS) is 10.2. The van der Waals surface area contributed by atoms with E-state index in [1.807, 2.05) is 18.2 Å². The van der Waals surface area contributed by atoms with E-state index in [0.717, 1.165) is 17.8 Å². The molecule has 0 amide bonds. The van der Waals surface area contributed by atoms with Gasteiger partial charge < -0.3 is 10.4 Å². The van der Waals surface area contributed by atoms with Gasteiger partial charge in [0.1, 0.15) is 11.6 Å². The topological polar surface area (TPSA) is 45.2 Å². The quantitative estimate of drug-likeness (QED) is 0.845. The van der Waals surface area contributed by atoms with Crippen LogP contribution in [0, 0.1) is 0 Å². The van der Waals surface area contributed by atoms with Crippen molar-refractivity contribution in [1.29, 1.82) is 0 Å². The summed E-state index contributed by atoms with van der Waals surface area (Å²) in [6.07, 6.45) is 2.74. The molecule has 2 rings (SSSR count). The minimum Gasteiger partial charge on any atom is -0.508 e. The van der Waals surface area contributed by atoms with Crippen LogP contribution in [0.15, 0.2) is 42.6 Å². The Balaban J connectivity index is 2.07. The lowest BCUT2D eigenvalue weighted by molar-refractivity contribution is 0.474. The van der Waals surface area contributed by atoms with Crippen molar-refractivity contribution in [2.24, 2.45) is 0 Å². The number of anilines is 1. The lowest BCUT2D eigenvalue weighted by atomic mass is 10.2. The molecule has 0 aliphatic heterocycles. The molecule has 3 nitrogen and oxygen atoms in total. The van der Waals surface area contributed by atoms with Gasteiger partial charge in [-0.05, 0) is 35.7 Å². The van der Waals surface area contributed by atoms with Gasteiger partial charge in [-0.1, -0.05) is 25.1 Å². The summed E-state index contributed by atoms with van der Waals surface area (Å²) in [5, 5.41) is 12.7. The number of phenolic OH excluding ortho intramolecular Hbond substituents is 1. The number of hydrogen-bond acceptors (Lipinski definition) is 3. The fourth-order valence-electron chi connectivity index (χ4n) is 1.74. The van der Waals surface area contributed by atoms with E-state index in [2.05, 4.69) is 23.3 Å². The number of phenols is 1. The van der Waals surface area contributed by atoms with E-state index in [4.69, 9.17) is 0 Å². The number of nitrogens with one attached hydrogen (secondary N) is 1. The predicted octanol–water partition coefficient (Wildman–Crippen LogP) is 2.96. The number of aromatic hydroxyl groups is 1. The van der Waals surface area contributed by atoms with Crippen LogP contribution in [0.1, 0.15) is 18.1 Å². The molecule has 0 radical (unpaired) electrons. The largest absolute Gasteiger partial charge is 0.508 e. The summed E-state index contributed by atoms with van der Waals surface area (Å²) in [4.78, 5) is 4.31.